The SMILES string of the molecule is C[C@@H]1CC(c2nc(-c3ccc(-c4ccc(OS(=O)(=O)C(F)(F)F)c5c4C4CCC5C4)cc3)c[nH]2)N(C(=O)OC(C)(C)C)C1. The van der Waals surface area contributed by atoms with Crippen LogP contribution in [0.2, 0.25) is 0 Å². The van der Waals surface area contributed by atoms with Gasteiger partial charge in [0.25, 0.3) is 0 Å². The van der Waals surface area contributed by atoms with Crippen molar-refractivity contribution in [1.29, 1.82) is 0 Å². The number of H-pyrrole nitrogens is 1. The highest BCUT2D eigenvalue weighted by atomic mass is 32.2. The molecular formula is C31H34F3N3O5S. The standard InChI is InChI=1S/C31H34F3N3O5S/c1-17-13-24(37(16-17)29(38)41-30(2,3)4)28-35-15-23(36-28)19-7-5-18(6-8-19)22-11-12-25(42-43(39,40)31(32,33)34)27-21-10-9-20(14-21)26(22)27/h5-8,11-12,15,17,20-21,24H,9-10,13-14,16H2,1-4H3,(H,35,36)/t17-,20?,21?,24?/m1/s1. The van der Waals surface area contributed by atoms with Crippen LogP contribution < -0.4 is 4.18 Å². The van der Waals surface area contributed by atoms with Gasteiger partial charge in [-0.3, -0.25) is 4.90 Å². The lowest BCUT2D eigenvalue weighted by molar-refractivity contribution is -0.0500. The number of rotatable bonds is 5. The third-order valence-corrected chi connectivity index (χ3v) is 9.49. The maximum atomic E-state index is 13.1. The quantitative estimate of drug-likeness (QED) is 0.233. The van der Waals surface area contributed by atoms with Crippen molar-refractivity contribution in [2.24, 2.45) is 5.92 Å². The summed E-state index contributed by atoms with van der Waals surface area (Å²) >= 11 is 0. The summed E-state index contributed by atoms with van der Waals surface area (Å²) in [5.74, 6) is 0.868. The predicted molar refractivity (Wildman–Crippen MR) is 154 cm³/mol. The van der Waals surface area contributed by atoms with Crippen LogP contribution in [-0.2, 0) is 14.9 Å². The van der Waals surface area contributed by atoms with Crippen LogP contribution in [0.15, 0.2) is 42.6 Å². The number of carbonyl (C=O) groups excluding carboxylic acids is 1. The van der Waals surface area contributed by atoms with Crippen LogP contribution in [-0.4, -0.2) is 47.0 Å². The molecule has 2 bridgehead atoms. The molecule has 2 aliphatic carbocycles. The molecule has 2 aromatic carbocycles. The third-order valence-electron chi connectivity index (χ3n) is 8.52. The van der Waals surface area contributed by atoms with Crippen molar-refractivity contribution < 1.29 is 35.3 Å². The summed E-state index contributed by atoms with van der Waals surface area (Å²) in [7, 11) is -5.77. The minimum absolute atomic E-state index is 0.0290. The lowest BCUT2D eigenvalue weighted by Gasteiger charge is -2.27. The minimum Gasteiger partial charge on any atom is -0.444 e. The number of amides is 1. The molecule has 0 radical (unpaired) electrons. The van der Waals surface area contributed by atoms with Gasteiger partial charge in [0.05, 0.1) is 11.7 Å². The van der Waals surface area contributed by atoms with Crippen LogP contribution in [0, 0.1) is 5.92 Å². The number of aromatic amines is 1. The third kappa shape index (κ3) is 5.49. The van der Waals surface area contributed by atoms with E-state index in [1.165, 1.54) is 6.07 Å². The molecule has 3 aliphatic rings. The molecule has 230 valence electrons. The van der Waals surface area contributed by atoms with Crippen LogP contribution in [0.25, 0.3) is 22.4 Å². The van der Waals surface area contributed by atoms with E-state index in [0.717, 1.165) is 53.6 Å². The molecule has 8 nitrogen and oxygen atoms in total. The number of aromatic nitrogens is 2. The van der Waals surface area contributed by atoms with Crippen LogP contribution in [0.1, 0.15) is 88.2 Å². The summed E-state index contributed by atoms with van der Waals surface area (Å²) in [6, 6.07) is 10.5. The van der Waals surface area contributed by atoms with Gasteiger partial charge in [-0.15, -0.1) is 0 Å². The van der Waals surface area contributed by atoms with Gasteiger partial charge in [0, 0.05) is 23.9 Å². The first-order valence-electron chi connectivity index (χ1n) is 14.4. The van der Waals surface area contributed by atoms with Crippen molar-refractivity contribution in [2.75, 3.05) is 6.54 Å². The maximum Gasteiger partial charge on any atom is 0.534 e. The number of fused-ring (bicyclic) bond motifs is 5. The average Bonchev–Trinajstić information content (AvgIpc) is 3.71. The summed E-state index contributed by atoms with van der Waals surface area (Å²) in [6.45, 7) is 8.20. The van der Waals surface area contributed by atoms with Crippen molar-refractivity contribution in [3.63, 3.8) is 0 Å². The van der Waals surface area contributed by atoms with Gasteiger partial charge < -0.3 is 13.9 Å². The van der Waals surface area contributed by atoms with Crippen LogP contribution in [0.4, 0.5) is 18.0 Å². The van der Waals surface area contributed by atoms with Gasteiger partial charge >= 0.3 is 21.7 Å². The van der Waals surface area contributed by atoms with Gasteiger partial charge in [-0.1, -0.05) is 37.3 Å². The fourth-order valence-corrected chi connectivity index (χ4v) is 7.25. The number of benzene rings is 2. The number of alkyl halides is 3. The van der Waals surface area contributed by atoms with E-state index in [-0.39, 0.29) is 29.7 Å². The fraction of sp³-hybridized carbons (Fsp3) is 0.484. The van der Waals surface area contributed by atoms with Crippen LogP contribution in [0.3, 0.4) is 0 Å². The van der Waals surface area contributed by atoms with Gasteiger partial charge in [0.15, 0.2) is 0 Å². The first-order chi connectivity index (χ1) is 20.1. The smallest absolute Gasteiger partial charge is 0.444 e. The van der Waals surface area contributed by atoms with Gasteiger partial charge in [-0.2, -0.15) is 21.6 Å². The van der Waals surface area contributed by atoms with Crippen molar-refractivity contribution in [1.82, 2.24) is 14.9 Å². The van der Waals surface area contributed by atoms with Crippen molar-refractivity contribution in [2.45, 2.75) is 82.4 Å². The maximum absolute atomic E-state index is 13.1. The Balaban J connectivity index is 1.26. The molecule has 1 saturated carbocycles. The molecule has 12 heteroatoms. The molecule has 0 spiro atoms. The lowest BCUT2D eigenvalue weighted by atomic mass is 9.85. The molecule has 2 fully saturated rings. The van der Waals surface area contributed by atoms with E-state index in [1.54, 1.807) is 11.0 Å². The molecule has 1 amide bonds. The zero-order chi connectivity index (χ0) is 30.9. The Morgan fingerprint density at radius 1 is 0.977 bits per heavy atom. The largest absolute Gasteiger partial charge is 0.534 e. The first kappa shape index (κ1) is 29.5. The number of ether oxygens (including phenoxy) is 1. The fourth-order valence-electron chi connectivity index (χ4n) is 6.78. The first-order valence-corrected chi connectivity index (χ1v) is 15.9. The number of imidazole rings is 1. The van der Waals surface area contributed by atoms with E-state index in [1.807, 2.05) is 51.2 Å². The molecule has 6 rings (SSSR count). The Bertz CT molecular complexity index is 1660. The summed E-state index contributed by atoms with van der Waals surface area (Å²) in [6.07, 6.45) is 4.66. The summed E-state index contributed by atoms with van der Waals surface area (Å²) in [5, 5.41) is 0. The monoisotopic (exact) mass is 617 g/mol. The number of nitrogens with one attached hydrogen (secondary N) is 1. The van der Waals surface area contributed by atoms with E-state index >= 15 is 0 Å². The van der Waals surface area contributed by atoms with Crippen molar-refractivity contribution >= 4 is 16.2 Å². The molecule has 3 unspecified atom stereocenters. The second kappa shape index (κ2) is 10.3. The Hall–Kier alpha value is -3.54. The topological polar surface area (TPSA) is 102 Å². The Morgan fingerprint density at radius 3 is 2.28 bits per heavy atom. The zero-order valence-electron chi connectivity index (χ0n) is 24.4. The normalized spacial score (nSPS) is 23.5. The van der Waals surface area contributed by atoms with Crippen molar-refractivity contribution in [3.8, 4) is 28.1 Å². The Kier molecular flexibility index (Phi) is 7.06. The molecule has 2 heterocycles. The Labute approximate surface area is 248 Å². The summed E-state index contributed by atoms with van der Waals surface area (Å²) < 4.78 is 73.0. The molecule has 4 atom stereocenters. The van der Waals surface area contributed by atoms with Gasteiger partial charge in [-0.25, -0.2) is 9.78 Å². The minimum atomic E-state index is -5.77. The van der Waals surface area contributed by atoms with E-state index in [2.05, 4.69) is 16.1 Å². The van der Waals surface area contributed by atoms with E-state index in [9.17, 15) is 26.4 Å². The molecule has 1 saturated heterocycles. The molecule has 3 aromatic rings. The highest BCUT2D eigenvalue weighted by Crippen LogP contribution is 2.58. The molecular weight excluding hydrogens is 583 g/mol. The second-order valence-corrected chi connectivity index (χ2v) is 14.4. The molecule has 1 N–H and O–H groups in total. The number of likely N-dealkylation sites (tertiary alicyclic amines) is 1. The van der Waals surface area contributed by atoms with Crippen molar-refractivity contribution in [3.05, 3.63) is 59.5 Å². The summed E-state index contributed by atoms with van der Waals surface area (Å²) in [4.78, 5) is 22.7. The van der Waals surface area contributed by atoms with E-state index in [4.69, 9.17) is 9.72 Å². The zero-order valence-corrected chi connectivity index (χ0v) is 25.2. The average molecular weight is 618 g/mol. The van der Waals surface area contributed by atoms with Crippen LogP contribution >= 0.6 is 0 Å². The van der Waals surface area contributed by atoms with Gasteiger partial charge in [0.1, 0.15) is 17.2 Å². The van der Waals surface area contributed by atoms with Gasteiger partial charge in [-0.05, 0) is 87.0 Å². The van der Waals surface area contributed by atoms with E-state index < -0.39 is 21.2 Å². The molecule has 1 aromatic heterocycles. The number of carbonyl (C=O) groups is 1. The lowest BCUT2D eigenvalue weighted by Crippen LogP contribution is -2.37. The Morgan fingerprint density at radius 2 is 1.63 bits per heavy atom. The number of halogens is 3. The molecule has 1 aliphatic heterocycles. The second-order valence-electron chi connectivity index (χ2n) is 12.9. The van der Waals surface area contributed by atoms with Gasteiger partial charge in [0.2, 0.25) is 0 Å². The number of nitrogens with zero attached hydrogens (tertiary/aromatic N) is 2. The molecule has 43 heavy (non-hydrogen) atoms. The highest BCUT2D eigenvalue weighted by molar-refractivity contribution is 7.88. The number of hydrogen-bond acceptors (Lipinski definition) is 6. The van der Waals surface area contributed by atoms with Crippen LogP contribution in [0.5, 0.6) is 5.75 Å². The highest BCUT2D eigenvalue weighted by Gasteiger charge is 2.50. The number of hydrogen-bond donors (Lipinski definition) is 1. The van der Waals surface area contributed by atoms with E-state index in [0.29, 0.717) is 23.9 Å². The predicted octanol–water partition coefficient (Wildman–Crippen LogP) is 7.65. The summed E-state index contributed by atoms with van der Waals surface area (Å²) in [5.41, 5.74) is -1.34.